The lowest BCUT2D eigenvalue weighted by Gasteiger charge is -2.29. The highest BCUT2D eigenvalue weighted by Crippen LogP contribution is 2.23. The monoisotopic (exact) mass is 246 g/mol. The molecular weight excluding hydrogens is 224 g/mol. The minimum absolute atomic E-state index is 0.365. The average Bonchev–Trinajstić information content (AvgIpc) is 2.38. The average molecular weight is 246 g/mol. The minimum atomic E-state index is -0.365. The van der Waals surface area contributed by atoms with Crippen molar-refractivity contribution in [2.75, 3.05) is 0 Å². The molecule has 1 aromatic carbocycles. The van der Waals surface area contributed by atoms with Gasteiger partial charge < -0.3 is 11.1 Å². The Morgan fingerprint density at radius 3 is 2.56 bits per heavy atom. The van der Waals surface area contributed by atoms with Crippen molar-refractivity contribution in [2.24, 2.45) is 11.7 Å². The molecule has 3 heteroatoms. The predicted octanol–water partition coefficient (Wildman–Crippen LogP) is 2.45. The van der Waals surface area contributed by atoms with Crippen LogP contribution in [0.3, 0.4) is 0 Å². The molecule has 1 aromatic rings. The molecular formula is C15H22N2O. The number of hydrogen-bond donors (Lipinski definition) is 2. The summed E-state index contributed by atoms with van der Waals surface area (Å²) < 4.78 is 0. The lowest BCUT2D eigenvalue weighted by atomic mass is 9.86. The highest BCUT2D eigenvalue weighted by atomic mass is 16.1. The van der Waals surface area contributed by atoms with Crippen molar-refractivity contribution in [3.8, 4) is 0 Å². The third kappa shape index (κ3) is 3.33. The van der Waals surface area contributed by atoms with Crippen molar-refractivity contribution in [2.45, 2.75) is 45.2 Å². The number of rotatable bonds is 4. The highest BCUT2D eigenvalue weighted by Gasteiger charge is 2.20. The summed E-state index contributed by atoms with van der Waals surface area (Å²) in [5.41, 5.74) is 7.00. The van der Waals surface area contributed by atoms with Crippen LogP contribution in [0.25, 0.3) is 0 Å². The maximum absolute atomic E-state index is 11.0. The zero-order chi connectivity index (χ0) is 13.0. The van der Waals surface area contributed by atoms with Gasteiger partial charge in [-0.1, -0.05) is 31.9 Å². The largest absolute Gasteiger partial charge is 0.366 e. The fraction of sp³-hybridized carbons (Fsp3) is 0.533. The lowest BCUT2D eigenvalue weighted by molar-refractivity contribution is 0.100. The molecule has 0 radical (unpaired) electrons. The van der Waals surface area contributed by atoms with E-state index < -0.39 is 0 Å². The molecule has 2 atom stereocenters. The van der Waals surface area contributed by atoms with E-state index in [4.69, 9.17) is 5.73 Å². The fourth-order valence-corrected chi connectivity index (χ4v) is 2.66. The van der Waals surface area contributed by atoms with E-state index in [0.29, 0.717) is 11.6 Å². The predicted molar refractivity (Wildman–Crippen MR) is 73.2 cm³/mol. The molecule has 2 rings (SSSR count). The zero-order valence-electron chi connectivity index (χ0n) is 11.0. The standard InChI is InChI=1S/C15H22N2O/c1-11-4-2-3-5-14(11)17-10-12-6-8-13(9-7-12)15(16)18/h6-9,11,14,17H,2-5,10H2,1H3,(H2,16,18). The van der Waals surface area contributed by atoms with Crippen LogP contribution in [0.5, 0.6) is 0 Å². The number of carbonyl (C=O) groups is 1. The highest BCUT2D eigenvalue weighted by molar-refractivity contribution is 5.92. The van der Waals surface area contributed by atoms with Crippen molar-refractivity contribution < 1.29 is 4.79 Å². The van der Waals surface area contributed by atoms with E-state index in [0.717, 1.165) is 12.5 Å². The van der Waals surface area contributed by atoms with Gasteiger partial charge in [-0.15, -0.1) is 0 Å². The smallest absolute Gasteiger partial charge is 0.248 e. The van der Waals surface area contributed by atoms with Crippen LogP contribution in [-0.2, 0) is 6.54 Å². The van der Waals surface area contributed by atoms with E-state index in [-0.39, 0.29) is 5.91 Å². The van der Waals surface area contributed by atoms with Crippen LogP contribution in [0.4, 0.5) is 0 Å². The van der Waals surface area contributed by atoms with Crippen molar-refractivity contribution >= 4 is 5.91 Å². The van der Waals surface area contributed by atoms with Crippen molar-refractivity contribution in [1.82, 2.24) is 5.32 Å². The molecule has 1 saturated carbocycles. The second-order valence-corrected chi connectivity index (χ2v) is 5.31. The number of hydrogen-bond acceptors (Lipinski definition) is 2. The van der Waals surface area contributed by atoms with Gasteiger partial charge in [0.05, 0.1) is 0 Å². The van der Waals surface area contributed by atoms with Gasteiger partial charge >= 0.3 is 0 Å². The Bertz CT molecular complexity index is 399. The normalized spacial score (nSPS) is 23.8. The molecule has 18 heavy (non-hydrogen) atoms. The van der Waals surface area contributed by atoms with Gasteiger partial charge in [0.15, 0.2) is 0 Å². The van der Waals surface area contributed by atoms with E-state index in [9.17, 15) is 4.79 Å². The van der Waals surface area contributed by atoms with Crippen molar-refractivity contribution in [1.29, 1.82) is 0 Å². The van der Waals surface area contributed by atoms with Crippen LogP contribution >= 0.6 is 0 Å². The molecule has 0 heterocycles. The van der Waals surface area contributed by atoms with Gasteiger partial charge in [0.25, 0.3) is 0 Å². The molecule has 1 amide bonds. The van der Waals surface area contributed by atoms with Crippen LogP contribution in [0, 0.1) is 5.92 Å². The Morgan fingerprint density at radius 2 is 1.94 bits per heavy atom. The van der Waals surface area contributed by atoms with Gasteiger partial charge in [-0.3, -0.25) is 4.79 Å². The molecule has 0 aromatic heterocycles. The number of nitrogens with two attached hydrogens (primary N) is 1. The van der Waals surface area contributed by atoms with Gasteiger partial charge in [0.2, 0.25) is 5.91 Å². The van der Waals surface area contributed by atoms with E-state index in [1.165, 1.54) is 31.2 Å². The summed E-state index contributed by atoms with van der Waals surface area (Å²) in [5.74, 6) is 0.402. The van der Waals surface area contributed by atoms with Crippen molar-refractivity contribution in [3.05, 3.63) is 35.4 Å². The number of primary amides is 1. The topological polar surface area (TPSA) is 55.1 Å². The molecule has 0 spiro atoms. The molecule has 2 unspecified atom stereocenters. The maximum atomic E-state index is 11.0. The van der Waals surface area contributed by atoms with Crippen LogP contribution in [0.2, 0.25) is 0 Å². The van der Waals surface area contributed by atoms with Gasteiger partial charge in [-0.25, -0.2) is 0 Å². The fourth-order valence-electron chi connectivity index (χ4n) is 2.66. The maximum Gasteiger partial charge on any atom is 0.248 e. The molecule has 1 aliphatic rings. The number of benzene rings is 1. The molecule has 0 saturated heterocycles. The summed E-state index contributed by atoms with van der Waals surface area (Å²) in [7, 11) is 0. The first-order valence-corrected chi connectivity index (χ1v) is 6.79. The Kier molecular flexibility index (Phi) is 4.37. The van der Waals surface area contributed by atoms with Crippen LogP contribution in [-0.4, -0.2) is 11.9 Å². The molecule has 0 aliphatic heterocycles. The summed E-state index contributed by atoms with van der Waals surface area (Å²) in [4.78, 5) is 11.0. The Balaban J connectivity index is 1.87. The lowest BCUT2D eigenvalue weighted by Crippen LogP contribution is -2.36. The summed E-state index contributed by atoms with van der Waals surface area (Å²) >= 11 is 0. The van der Waals surface area contributed by atoms with E-state index in [1.54, 1.807) is 12.1 Å². The summed E-state index contributed by atoms with van der Waals surface area (Å²) in [5, 5.41) is 3.62. The first kappa shape index (κ1) is 13.1. The molecule has 1 aliphatic carbocycles. The van der Waals surface area contributed by atoms with Crippen LogP contribution < -0.4 is 11.1 Å². The molecule has 0 bridgehead atoms. The molecule has 1 fully saturated rings. The zero-order valence-corrected chi connectivity index (χ0v) is 11.0. The van der Waals surface area contributed by atoms with E-state index in [1.807, 2.05) is 12.1 Å². The Hall–Kier alpha value is -1.35. The summed E-state index contributed by atoms with van der Waals surface area (Å²) in [6, 6.07) is 8.17. The molecule has 3 nitrogen and oxygen atoms in total. The third-order valence-electron chi connectivity index (χ3n) is 3.92. The first-order valence-electron chi connectivity index (χ1n) is 6.79. The molecule has 98 valence electrons. The molecule has 3 N–H and O–H groups in total. The second-order valence-electron chi connectivity index (χ2n) is 5.31. The van der Waals surface area contributed by atoms with Crippen LogP contribution in [0.1, 0.15) is 48.5 Å². The van der Waals surface area contributed by atoms with E-state index >= 15 is 0 Å². The summed E-state index contributed by atoms with van der Waals surface area (Å²) in [6.07, 6.45) is 5.31. The second kappa shape index (κ2) is 6.01. The van der Waals surface area contributed by atoms with Gasteiger partial charge in [0, 0.05) is 18.2 Å². The SMILES string of the molecule is CC1CCCCC1NCc1ccc(C(N)=O)cc1. The van der Waals surface area contributed by atoms with Gasteiger partial charge in [-0.05, 0) is 36.5 Å². The Morgan fingerprint density at radius 1 is 1.28 bits per heavy atom. The number of carbonyl (C=O) groups excluding carboxylic acids is 1. The minimum Gasteiger partial charge on any atom is -0.366 e. The van der Waals surface area contributed by atoms with Gasteiger partial charge in [-0.2, -0.15) is 0 Å². The number of amides is 1. The quantitative estimate of drug-likeness (QED) is 0.857. The first-order chi connectivity index (χ1) is 8.66. The van der Waals surface area contributed by atoms with Crippen molar-refractivity contribution in [3.63, 3.8) is 0 Å². The van der Waals surface area contributed by atoms with Gasteiger partial charge in [0.1, 0.15) is 0 Å². The Labute approximate surface area is 109 Å². The summed E-state index contributed by atoms with van der Waals surface area (Å²) in [6.45, 7) is 3.20. The third-order valence-corrected chi connectivity index (χ3v) is 3.92. The van der Waals surface area contributed by atoms with Crippen LogP contribution in [0.15, 0.2) is 24.3 Å². The van der Waals surface area contributed by atoms with E-state index in [2.05, 4.69) is 12.2 Å². The number of nitrogens with one attached hydrogen (secondary N) is 1.